The summed E-state index contributed by atoms with van der Waals surface area (Å²) in [4.78, 5) is 23.1. The second-order valence-corrected chi connectivity index (χ2v) is 5.91. The maximum absolute atomic E-state index is 12.5. The van der Waals surface area contributed by atoms with E-state index in [9.17, 15) is 9.59 Å². The van der Waals surface area contributed by atoms with Gasteiger partial charge in [-0.15, -0.1) is 0 Å². The van der Waals surface area contributed by atoms with Gasteiger partial charge in [0.1, 0.15) is 0 Å². The van der Waals surface area contributed by atoms with Crippen molar-refractivity contribution in [1.82, 2.24) is 5.32 Å². The molecule has 112 valence electrons. The predicted molar refractivity (Wildman–Crippen MR) is 82.2 cm³/mol. The lowest BCUT2D eigenvalue weighted by molar-refractivity contribution is -0.131. The molecule has 4 heteroatoms. The molecule has 0 bridgehead atoms. The summed E-state index contributed by atoms with van der Waals surface area (Å²) in [5.74, 6) is -1.08. The number of hydrogen-bond donors (Lipinski definition) is 2. The van der Waals surface area contributed by atoms with Gasteiger partial charge in [-0.1, -0.05) is 25.0 Å². The van der Waals surface area contributed by atoms with Gasteiger partial charge in [-0.3, -0.25) is 4.79 Å². The Bertz CT molecular complexity index is 584. The zero-order valence-electron chi connectivity index (χ0n) is 12.5. The van der Waals surface area contributed by atoms with E-state index in [4.69, 9.17) is 5.11 Å². The standard InChI is InChI=1S/C17H21NO3/c1-12-13(8-9-15(19)20)6-5-7-14(12)16(21)18-17(2)10-3-4-11-17/h5-9H,3-4,10-11H2,1-2H3,(H,18,21)(H,19,20). The number of rotatable bonds is 4. The van der Waals surface area contributed by atoms with Crippen molar-refractivity contribution in [3.8, 4) is 0 Å². The fourth-order valence-electron chi connectivity index (χ4n) is 2.86. The number of amides is 1. The van der Waals surface area contributed by atoms with Gasteiger partial charge in [-0.25, -0.2) is 4.79 Å². The van der Waals surface area contributed by atoms with Crippen molar-refractivity contribution in [3.63, 3.8) is 0 Å². The third-order valence-corrected chi connectivity index (χ3v) is 4.15. The van der Waals surface area contributed by atoms with Crippen molar-refractivity contribution in [2.75, 3.05) is 0 Å². The summed E-state index contributed by atoms with van der Waals surface area (Å²) in [5.41, 5.74) is 2.04. The molecule has 1 amide bonds. The maximum Gasteiger partial charge on any atom is 0.328 e. The first-order valence-electron chi connectivity index (χ1n) is 7.24. The Morgan fingerprint density at radius 1 is 1.29 bits per heavy atom. The first-order valence-corrected chi connectivity index (χ1v) is 7.24. The summed E-state index contributed by atoms with van der Waals surface area (Å²) in [6.07, 6.45) is 6.93. The van der Waals surface area contributed by atoms with Gasteiger partial charge in [0.15, 0.2) is 0 Å². The summed E-state index contributed by atoms with van der Waals surface area (Å²) in [6, 6.07) is 5.37. The van der Waals surface area contributed by atoms with E-state index < -0.39 is 5.97 Å². The molecule has 0 spiro atoms. The molecule has 1 saturated carbocycles. The van der Waals surface area contributed by atoms with Gasteiger partial charge < -0.3 is 10.4 Å². The molecule has 0 atom stereocenters. The summed E-state index contributed by atoms with van der Waals surface area (Å²) >= 11 is 0. The lowest BCUT2D eigenvalue weighted by atomic mass is 9.97. The summed E-state index contributed by atoms with van der Waals surface area (Å²) in [6.45, 7) is 3.93. The molecular weight excluding hydrogens is 266 g/mol. The van der Waals surface area contributed by atoms with Gasteiger partial charge in [0.2, 0.25) is 0 Å². The Morgan fingerprint density at radius 3 is 2.57 bits per heavy atom. The van der Waals surface area contributed by atoms with Gasteiger partial charge >= 0.3 is 5.97 Å². The molecule has 0 aromatic heterocycles. The van der Waals surface area contributed by atoms with Gasteiger partial charge in [-0.2, -0.15) is 0 Å². The van der Waals surface area contributed by atoms with E-state index in [0.717, 1.165) is 42.9 Å². The molecule has 0 aliphatic heterocycles. The van der Waals surface area contributed by atoms with Crippen LogP contribution in [0.15, 0.2) is 24.3 Å². The van der Waals surface area contributed by atoms with Crippen LogP contribution >= 0.6 is 0 Å². The van der Waals surface area contributed by atoms with Gasteiger partial charge in [0.05, 0.1) is 0 Å². The molecular formula is C17H21NO3. The Labute approximate surface area is 124 Å². The molecule has 1 aromatic rings. The lowest BCUT2D eigenvalue weighted by Gasteiger charge is -2.25. The summed E-state index contributed by atoms with van der Waals surface area (Å²) in [5, 5.41) is 11.8. The van der Waals surface area contributed by atoms with Crippen LogP contribution in [0.2, 0.25) is 0 Å². The van der Waals surface area contributed by atoms with Crippen LogP contribution in [0.5, 0.6) is 0 Å². The van der Waals surface area contributed by atoms with Crippen LogP contribution in [0, 0.1) is 6.92 Å². The Balaban J connectivity index is 2.21. The third-order valence-electron chi connectivity index (χ3n) is 4.15. The van der Waals surface area contributed by atoms with Crippen LogP contribution in [-0.2, 0) is 4.79 Å². The minimum absolute atomic E-state index is 0.0810. The van der Waals surface area contributed by atoms with E-state index in [1.54, 1.807) is 12.1 Å². The van der Waals surface area contributed by atoms with Gasteiger partial charge in [-0.05, 0) is 50.0 Å². The highest BCUT2D eigenvalue weighted by molar-refractivity contribution is 5.97. The Hall–Kier alpha value is -2.10. The van der Waals surface area contributed by atoms with Crippen molar-refractivity contribution < 1.29 is 14.7 Å². The quantitative estimate of drug-likeness (QED) is 0.836. The van der Waals surface area contributed by atoms with Crippen LogP contribution in [-0.4, -0.2) is 22.5 Å². The summed E-state index contributed by atoms with van der Waals surface area (Å²) in [7, 11) is 0. The molecule has 0 heterocycles. The molecule has 1 aliphatic carbocycles. The van der Waals surface area contributed by atoms with Crippen LogP contribution in [0.4, 0.5) is 0 Å². The number of aliphatic carboxylic acids is 1. The molecule has 2 N–H and O–H groups in total. The smallest absolute Gasteiger partial charge is 0.328 e. The monoisotopic (exact) mass is 287 g/mol. The zero-order valence-corrected chi connectivity index (χ0v) is 12.5. The lowest BCUT2D eigenvalue weighted by Crippen LogP contribution is -2.43. The molecule has 21 heavy (non-hydrogen) atoms. The third kappa shape index (κ3) is 3.72. The predicted octanol–water partition coefficient (Wildman–Crippen LogP) is 3.16. The van der Waals surface area contributed by atoms with Crippen LogP contribution < -0.4 is 5.32 Å². The molecule has 2 rings (SSSR count). The fraction of sp³-hybridized carbons (Fsp3) is 0.412. The van der Waals surface area contributed by atoms with Gasteiger partial charge in [0.25, 0.3) is 5.91 Å². The van der Waals surface area contributed by atoms with Crippen molar-refractivity contribution in [1.29, 1.82) is 0 Å². The first kappa shape index (κ1) is 15.3. The average Bonchev–Trinajstić information content (AvgIpc) is 2.83. The average molecular weight is 287 g/mol. The summed E-state index contributed by atoms with van der Waals surface area (Å²) < 4.78 is 0. The van der Waals surface area contributed by atoms with E-state index in [-0.39, 0.29) is 11.4 Å². The van der Waals surface area contributed by atoms with E-state index in [2.05, 4.69) is 12.2 Å². The molecule has 0 radical (unpaired) electrons. The number of carboxylic acids is 1. The second-order valence-electron chi connectivity index (χ2n) is 5.91. The second kappa shape index (κ2) is 6.12. The van der Waals surface area contributed by atoms with Crippen LogP contribution in [0.25, 0.3) is 6.08 Å². The minimum Gasteiger partial charge on any atom is -0.478 e. The first-order chi connectivity index (χ1) is 9.91. The highest BCUT2D eigenvalue weighted by atomic mass is 16.4. The van der Waals surface area contributed by atoms with Gasteiger partial charge in [0, 0.05) is 17.2 Å². The largest absolute Gasteiger partial charge is 0.478 e. The van der Waals surface area contributed by atoms with Crippen LogP contribution in [0.1, 0.15) is 54.1 Å². The van der Waals surface area contributed by atoms with Crippen molar-refractivity contribution in [3.05, 3.63) is 41.0 Å². The highest BCUT2D eigenvalue weighted by Gasteiger charge is 2.30. The minimum atomic E-state index is -0.997. The normalized spacial score (nSPS) is 17.0. The number of nitrogens with one attached hydrogen (secondary N) is 1. The number of benzene rings is 1. The topological polar surface area (TPSA) is 66.4 Å². The number of carbonyl (C=O) groups excluding carboxylic acids is 1. The van der Waals surface area contributed by atoms with E-state index in [0.29, 0.717) is 5.56 Å². The van der Waals surface area contributed by atoms with Crippen molar-refractivity contribution in [2.45, 2.75) is 45.1 Å². The van der Waals surface area contributed by atoms with Crippen molar-refractivity contribution >= 4 is 18.0 Å². The zero-order chi connectivity index (χ0) is 15.5. The molecule has 1 aromatic carbocycles. The highest BCUT2D eigenvalue weighted by Crippen LogP contribution is 2.29. The fourth-order valence-corrected chi connectivity index (χ4v) is 2.86. The number of carbonyl (C=O) groups is 2. The van der Waals surface area contributed by atoms with Crippen LogP contribution in [0.3, 0.4) is 0 Å². The Kier molecular flexibility index (Phi) is 4.46. The molecule has 1 aliphatic rings. The molecule has 4 nitrogen and oxygen atoms in total. The molecule has 0 unspecified atom stereocenters. The number of hydrogen-bond acceptors (Lipinski definition) is 2. The molecule has 0 saturated heterocycles. The Morgan fingerprint density at radius 2 is 1.95 bits per heavy atom. The van der Waals surface area contributed by atoms with E-state index in [1.807, 2.05) is 13.0 Å². The van der Waals surface area contributed by atoms with E-state index >= 15 is 0 Å². The van der Waals surface area contributed by atoms with Crippen molar-refractivity contribution in [2.24, 2.45) is 0 Å². The van der Waals surface area contributed by atoms with E-state index in [1.165, 1.54) is 6.08 Å². The maximum atomic E-state index is 12.5. The number of carboxylic acid groups (broad SMARTS) is 1. The molecule has 1 fully saturated rings. The SMILES string of the molecule is Cc1c(C=CC(=O)O)cccc1C(=O)NC1(C)CCCC1.